The second-order valence-corrected chi connectivity index (χ2v) is 7.21. The van der Waals surface area contributed by atoms with Gasteiger partial charge in [0.1, 0.15) is 11.1 Å². The van der Waals surface area contributed by atoms with E-state index in [1.807, 2.05) is 42.8 Å². The quantitative estimate of drug-likeness (QED) is 0.696. The lowest BCUT2D eigenvalue weighted by Crippen LogP contribution is -2.14. The molecule has 2 heterocycles. The average Bonchev–Trinajstić information content (AvgIpc) is 3.19. The number of nitrogens with one attached hydrogen (secondary N) is 1. The molecule has 0 aliphatic carbocycles. The van der Waals surface area contributed by atoms with E-state index in [0.29, 0.717) is 15.7 Å². The number of hydrogen-bond donors (Lipinski definition) is 1. The Morgan fingerprint density at radius 3 is 3.00 bits per heavy atom. The molecule has 2 aromatic heterocycles. The number of hydrogen-bond acceptors (Lipinski definition) is 6. The third-order valence-corrected chi connectivity index (χ3v) is 5.33. The molecule has 126 valence electrons. The number of nitrogens with zero attached hydrogens (tertiary/aromatic N) is 4. The topological polar surface area (TPSA) is 83.6 Å². The molecule has 0 fully saturated rings. The van der Waals surface area contributed by atoms with E-state index in [2.05, 4.69) is 21.6 Å². The summed E-state index contributed by atoms with van der Waals surface area (Å²) in [5.74, 6) is 0.781. The van der Waals surface area contributed by atoms with Crippen LogP contribution in [0.25, 0.3) is 11.4 Å². The Balaban J connectivity index is 1.66. The van der Waals surface area contributed by atoms with E-state index < -0.39 is 0 Å². The maximum Gasteiger partial charge on any atom is 0.235 e. The fraction of sp³-hybridized carbons (Fsp3) is 0.176. The van der Waals surface area contributed by atoms with Crippen LogP contribution in [0.2, 0.25) is 0 Å². The van der Waals surface area contributed by atoms with Gasteiger partial charge in [-0.05, 0) is 24.4 Å². The second kappa shape index (κ2) is 7.51. The van der Waals surface area contributed by atoms with Gasteiger partial charge in [0, 0.05) is 12.6 Å². The first kappa shape index (κ1) is 17.2. The highest BCUT2D eigenvalue weighted by molar-refractivity contribution is 7.99. The van der Waals surface area contributed by atoms with Crippen molar-refractivity contribution < 1.29 is 4.79 Å². The Bertz CT molecular complexity index is 954. The molecule has 0 aliphatic heterocycles. The third-order valence-electron chi connectivity index (χ3n) is 3.48. The molecule has 25 heavy (non-hydrogen) atoms. The first-order valence-electron chi connectivity index (χ1n) is 7.45. The van der Waals surface area contributed by atoms with Crippen LogP contribution in [0.15, 0.2) is 40.9 Å². The number of rotatable bonds is 5. The van der Waals surface area contributed by atoms with Crippen LogP contribution in [0.5, 0.6) is 0 Å². The summed E-state index contributed by atoms with van der Waals surface area (Å²) in [4.78, 5) is 12.1. The van der Waals surface area contributed by atoms with Crippen molar-refractivity contribution in [2.75, 3.05) is 11.1 Å². The zero-order chi connectivity index (χ0) is 17.8. The van der Waals surface area contributed by atoms with Gasteiger partial charge in [0.25, 0.3) is 0 Å². The van der Waals surface area contributed by atoms with Gasteiger partial charge in [-0.3, -0.25) is 4.79 Å². The van der Waals surface area contributed by atoms with Gasteiger partial charge in [-0.15, -0.1) is 21.5 Å². The third kappa shape index (κ3) is 3.90. The number of carbonyl (C=O) groups excluding carboxylic acids is 1. The van der Waals surface area contributed by atoms with Crippen molar-refractivity contribution in [3.63, 3.8) is 0 Å². The van der Waals surface area contributed by atoms with Crippen LogP contribution >= 0.6 is 23.1 Å². The summed E-state index contributed by atoms with van der Waals surface area (Å²) in [6, 6.07) is 11.8. The van der Waals surface area contributed by atoms with Gasteiger partial charge in [-0.25, -0.2) is 0 Å². The number of nitriles is 1. The van der Waals surface area contributed by atoms with Crippen LogP contribution in [-0.2, 0) is 11.8 Å². The zero-order valence-corrected chi connectivity index (χ0v) is 15.3. The molecular formula is C17H15N5OS2. The molecule has 0 saturated heterocycles. The smallest absolute Gasteiger partial charge is 0.235 e. The molecule has 3 rings (SSSR count). The summed E-state index contributed by atoms with van der Waals surface area (Å²) >= 11 is 2.64. The van der Waals surface area contributed by atoms with Crippen molar-refractivity contribution in [3.05, 3.63) is 46.8 Å². The predicted molar refractivity (Wildman–Crippen MR) is 99.6 cm³/mol. The number of carbonyl (C=O) groups is 1. The molecule has 6 nitrogen and oxygen atoms in total. The molecule has 1 amide bonds. The number of aromatic nitrogens is 3. The van der Waals surface area contributed by atoms with Crippen molar-refractivity contribution >= 4 is 34.0 Å². The number of aryl methyl sites for hydroxylation is 1. The number of benzene rings is 1. The Morgan fingerprint density at radius 2 is 2.24 bits per heavy atom. The van der Waals surface area contributed by atoms with Gasteiger partial charge in [-0.1, -0.05) is 35.5 Å². The van der Waals surface area contributed by atoms with E-state index in [0.717, 1.165) is 17.0 Å². The predicted octanol–water partition coefficient (Wildman–Crippen LogP) is 3.45. The summed E-state index contributed by atoms with van der Waals surface area (Å²) in [7, 11) is 1.88. The van der Waals surface area contributed by atoms with Gasteiger partial charge < -0.3 is 9.88 Å². The summed E-state index contributed by atoms with van der Waals surface area (Å²) in [5.41, 5.74) is 2.62. The van der Waals surface area contributed by atoms with Crippen molar-refractivity contribution in [2.45, 2.75) is 12.1 Å². The highest BCUT2D eigenvalue weighted by atomic mass is 32.2. The van der Waals surface area contributed by atoms with E-state index in [9.17, 15) is 4.79 Å². The van der Waals surface area contributed by atoms with E-state index in [1.165, 1.54) is 23.1 Å². The van der Waals surface area contributed by atoms with Crippen LogP contribution in [0.1, 0.15) is 11.1 Å². The first-order valence-corrected chi connectivity index (χ1v) is 9.31. The van der Waals surface area contributed by atoms with Crippen molar-refractivity contribution in [1.29, 1.82) is 5.26 Å². The fourth-order valence-corrected chi connectivity index (χ4v) is 3.73. The Kier molecular flexibility index (Phi) is 5.16. The molecule has 0 spiro atoms. The minimum Gasteiger partial charge on any atom is -0.316 e. The average molecular weight is 369 g/mol. The minimum absolute atomic E-state index is 0.177. The zero-order valence-electron chi connectivity index (χ0n) is 13.7. The molecule has 3 aromatic rings. The van der Waals surface area contributed by atoms with Crippen LogP contribution < -0.4 is 5.32 Å². The molecule has 0 saturated carbocycles. The molecule has 8 heteroatoms. The summed E-state index contributed by atoms with van der Waals surface area (Å²) in [6.07, 6.45) is 0. The lowest BCUT2D eigenvalue weighted by Gasteiger charge is -2.05. The number of amides is 1. The molecule has 0 radical (unpaired) electrons. The van der Waals surface area contributed by atoms with E-state index >= 15 is 0 Å². The highest BCUT2D eigenvalue weighted by Crippen LogP contribution is 2.25. The van der Waals surface area contributed by atoms with Gasteiger partial charge in [0.2, 0.25) is 5.91 Å². The van der Waals surface area contributed by atoms with Crippen LogP contribution in [-0.4, -0.2) is 26.4 Å². The summed E-state index contributed by atoms with van der Waals surface area (Å²) in [5, 5.41) is 23.1. The van der Waals surface area contributed by atoms with Crippen molar-refractivity contribution in [1.82, 2.24) is 14.8 Å². The van der Waals surface area contributed by atoms with Crippen LogP contribution in [0, 0.1) is 18.3 Å². The Morgan fingerprint density at radius 1 is 1.40 bits per heavy atom. The standard InChI is InChI=1S/C17H15N5OS2/c1-11-4-3-5-12(8-11)15-20-21-17(22(15)2)25-10-14(23)19-16-13(9-18)6-7-24-16/h3-8H,10H2,1-2H3,(H,19,23). The monoisotopic (exact) mass is 369 g/mol. The summed E-state index contributed by atoms with van der Waals surface area (Å²) < 4.78 is 1.87. The van der Waals surface area contributed by atoms with Crippen LogP contribution in [0.4, 0.5) is 5.00 Å². The van der Waals surface area contributed by atoms with E-state index in [-0.39, 0.29) is 11.7 Å². The molecule has 1 aromatic carbocycles. The molecule has 0 bridgehead atoms. The molecule has 0 aliphatic rings. The van der Waals surface area contributed by atoms with Gasteiger partial charge >= 0.3 is 0 Å². The van der Waals surface area contributed by atoms with Crippen LogP contribution in [0.3, 0.4) is 0 Å². The number of thioether (sulfide) groups is 1. The fourth-order valence-electron chi connectivity index (χ4n) is 2.26. The van der Waals surface area contributed by atoms with Gasteiger partial charge in [0.15, 0.2) is 11.0 Å². The SMILES string of the molecule is Cc1cccc(-c2nnc(SCC(=O)Nc3sccc3C#N)n2C)c1. The normalized spacial score (nSPS) is 10.4. The lowest BCUT2D eigenvalue weighted by atomic mass is 10.1. The van der Waals surface area contributed by atoms with E-state index in [1.54, 1.807) is 11.4 Å². The largest absolute Gasteiger partial charge is 0.316 e. The van der Waals surface area contributed by atoms with Gasteiger partial charge in [-0.2, -0.15) is 5.26 Å². The van der Waals surface area contributed by atoms with Crippen molar-refractivity contribution in [2.24, 2.45) is 7.05 Å². The number of thiophene rings is 1. The van der Waals surface area contributed by atoms with Crippen molar-refractivity contribution in [3.8, 4) is 17.5 Å². The second-order valence-electron chi connectivity index (χ2n) is 5.35. The Hall–Kier alpha value is -2.63. The number of anilines is 1. The first-order chi connectivity index (χ1) is 12.1. The molecular weight excluding hydrogens is 354 g/mol. The maximum absolute atomic E-state index is 12.1. The molecule has 0 atom stereocenters. The van der Waals surface area contributed by atoms with Gasteiger partial charge in [0.05, 0.1) is 11.3 Å². The minimum atomic E-state index is -0.177. The molecule has 0 unspecified atom stereocenters. The summed E-state index contributed by atoms with van der Waals surface area (Å²) in [6.45, 7) is 2.03. The highest BCUT2D eigenvalue weighted by Gasteiger charge is 2.14. The molecule has 1 N–H and O–H groups in total. The van der Waals surface area contributed by atoms with E-state index in [4.69, 9.17) is 5.26 Å². The Labute approximate surface area is 153 Å². The maximum atomic E-state index is 12.1. The lowest BCUT2D eigenvalue weighted by molar-refractivity contribution is -0.113.